The summed E-state index contributed by atoms with van der Waals surface area (Å²) < 4.78 is 28.5. The second-order valence-electron chi connectivity index (χ2n) is 7.60. The van der Waals surface area contributed by atoms with E-state index in [-0.39, 0.29) is 17.7 Å². The molecule has 10 heteroatoms. The van der Waals surface area contributed by atoms with Gasteiger partial charge in [0.2, 0.25) is 0 Å². The van der Waals surface area contributed by atoms with Crippen LogP contribution in [0.15, 0.2) is 57.5 Å². The molecule has 3 aromatic rings. The Hall–Kier alpha value is -2.06. The summed E-state index contributed by atoms with van der Waals surface area (Å²) >= 11 is 5.69. The molecule has 1 aliphatic rings. The van der Waals surface area contributed by atoms with Crippen molar-refractivity contribution in [2.24, 2.45) is 4.99 Å². The fraction of sp³-hybridized carbons (Fsp3) is 0.240. The van der Waals surface area contributed by atoms with Crippen LogP contribution in [0.5, 0.6) is 5.75 Å². The molecule has 0 N–H and O–H groups in total. The molecule has 0 unspecified atom stereocenters. The lowest BCUT2D eigenvalue weighted by Gasteiger charge is -2.24. The molecule has 2 heterocycles. The Morgan fingerprint density at radius 3 is 2.43 bits per heavy atom. The number of esters is 1. The first-order valence-electron chi connectivity index (χ1n) is 10.8. The number of thiazole rings is 1. The summed E-state index contributed by atoms with van der Waals surface area (Å²) in [6.07, 6.45) is 1.81. The van der Waals surface area contributed by atoms with Crippen molar-refractivity contribution in [3.05, 3.63) is 91.4 Å². The molecular weight excluding hydrogens is 697 g/mol. The van der Waals surface area contributed by atoms with Gasteiger partial charge in [0.25, 0.3) is 5.56 Å². The Balaban J connectivity index is 1.91. The highest BCUT2D eigenvalue weighted by Crippen LogP contribution is 2.31. The number of rotatable bonds is 6. The van der Waals surface area contributed by atoms with Crippen LogP contribution in [0.1, 0.15) is 37.9 Å². The van der Waals surface area contributed by atoms with Crippen LogP contribution >= 0.6 is 56.5 Å². The number of hydrogen-bond donors (Lipinski definition) is 0. The van der Waals surface area contributed by atoms with E-state index < -0.39 is 17.8 Å². The summed E-state index contributed by atoms with van der Waals surface area (Å²) in [7, 11) is 0. The second kappa shape index (κ2) is 10.9. The van der Waals surface area contributed by atoms with Crippen molar-refractivity contribution >= 4 is 68.6 Å². The first-order valence-corrected chi connectivity index (χ1v) is 13.8. The van der Waals surface area contributed by atoms with E-state index in [2.05, 4.69) is 50.2 Å². The lowest BCUT2D eigenvalue weighted by atomic mass is 9.96. The fourth-order valence-electron chi connectivity index (χ4n) is 3.85. The third-order valence-corrected chi connectivity index (χ3v) is 7.90. The number of aromatic nitrogens is 1. The highest BCUT2D eigenvalue weighted by Gasteiger charge is 2.33. The highest BCUT2D eigenvalue weighted by molar-refractivity contribution is 14.1. The van der Waals surface area contributed by atoms with Gasteiger partial charge in [-0.3, -0.25) is 9.36 Å². The minimum Gasteiger partial charge on any atom is -0.492 e. The van der Waals surface area contributed by atoms with E-state index >= 15 is 0 Å². The summed E-state index contributed by atoms with van der Waals surface area (Å²) in [5, 5.41) is 0. The molecule has 1 aliphatic heterocycles. The number of benzene rings is 2. The van der Waals surface area contributed by atoms with E-state index in [1.54, 1.807) is 26.0 Å². The van der Waals surface area contributed by atoms with Crippen molar-refractivity contribution in [1.82, 2.24) is 4.57 Å². The predicted molar refractivity (Wildman–Crippen MR) is 150 cm³/mol. The van der Waals surface area contributed by atoms with Crippen molar-refractivity contribution in [2.45, 2.75) is 26.8 Å². The second-order valence-corrected chi connectivity index (χ2v) is 10.9. The normalized spacial score (nSPS) is 15.6. The number of nitrogens with zero attached hydrogens (tertiary/aromatic N) is 2. The third-order valence-electron chi connectivity index (χ3n) is 5.31. The SMILES string of the molecule is CCOC(=O)C1=C(C)N=c2s/c(=C\c3cc(I)c(OCC)c(I)c3)c(=O)n2[C@@H]1c1ccc(F)cc1. The average molecular weight is 718 g/mol. The van der Waals surface area contributed by atoms with Crippen LogP contribution in [0.3, 0.4) is 0 Å². The summed E-state index contributed by atoms with van der Waals surface area (Å²) in [6, 6.07) is 8.92. The molecule has 0 aliphatic carbocycles. The van der Waals surface area contributed by atoms with Gasteiger partial charge in [0, 0.05) is 0 Å². The van der Waals surface area contributed by atoms with Gasteiger partial charge in [0.15, 0.2) is 4.80 Å². The minimum atomic E-state index is -0.770. The number of fused-ring (bicyclic) bond motifs is 1. The van der Waals surface area contributed by atoms with Gasteiger partial charge in [-0.05, 0) is 107 Å². The Kier molecular flexibility index (Phi) is 8.11. The summed E-state index contributed by atoms with van der Waals surface area (Å²) in [4.78, 5) is 31.6. The summed E-state index contributed by atoms with van der Waals surface area (Å²) in [5.41, 5.74) is 1.91. The van der Waals surface area contributed by atoms with Crippen molar-refractivity contribution < 1.29 is 18.7 Å². The number of halogens is 3. The maximum Gasteiger partial charge on any atom is 0.338 e. The van der Waals surface area contributed by atoms with Gasteiger partial charge < -0.3 is 9.47 Å². The molecule has 0 fully saturated rings. The molecule has 0 amide bonds. The van der Waals surface area contributed by atoms with Crippen LogP contribution in [-0.2, 0) is 9.53 Å². The first kappa shape index (κ1) is 26.0. The van der Waals surface area contributed by atoms with E-state index in [9.17, 15) is 14.0 Å². The summed E-state index contributed by atoms with van der Waals surface area (Å²) in [6.45, 7) is 6.12. The Morgan fingerprint density at radius 2 is 1.83 bits per heavy atom. The number of carbonyl (C=O) groups is 1. The lowest BCUT2D eigenvalue weighted by molar-refractivity contribution is -0.139. The van der Waals surface area contributed by atoms with E-state index in [0.29, 0.717) is 27.2 Å². The molecule has 0 saturated heterocycles. The van der Waals surface area contributed by atoms with E-state index in [1.165, 1.54) is 28.0 Å². The van der Waals surface area contributed by atoms with Crippen LogP contribution < -0.4 is 19.6 Å². The van der Waals surface area contributed by atoms with Crippen molar-refractivity contribution in [3.8, 4) is 5.75 Å². The van der Waals surface area contributed by atoms with Crippen LogP contribution in [0.2, 0.25) is 0 Å². The molecule has 0 saturated carbocycles. The van der Waals surface area contributed by atoms with Crippen molar-refractivity contribution in [1.29, 1.82) is 0 Å². The topological polar surface area (TPSA) is 69.9 Å². The van der Waals surface area contributed by atoms with Crippen LogP contribution in [0, 0.1) is 13.0 Å². The highest BCUT2D eigenvalue weighted by atomic mass is 127. The molecule has 6 nitrogen and oxygen atoms in total. The summed E-state index contributed by atoms with van der Waals surface area (Å²) in [5.74, 6) is -0.134. The van der Waals surface area contributed by atoms with Crippen LogP contribution in [-0.4, -0.2) is 23.8 Å². The molecule has 2 aromatic carbocycles. The predicted octanol–water partition coefficient (Wildman–Crippen LogP) is 4.55. The van der Waals surface area contributed by atoms with Crippen molar-refractivity contribution in [2.75, 3.05) is 13.2 Å². The zero-order chi connectivity index (χ0) is 25.3. The van der Waals surface area contributed by atoms with Gasteiger partial charge in [-0.25, -0.2) is 14.2 Å². The third kappa shape index (κ3) is 5.24. The largest absolute Gasteiger partial charge is 0.492 e. The van der Waals surface area contributed by atoms with E-state index in [4.69, 9.17) is 9.47 Å². The van der Waals surface area contributed by atoms with Gasteiger partial charge in [-0.2, -0.15) is 0 Å². The molecule has 1 aromatic heterocycles. The Labute approximate surface area is 232 Å². The monoisotopic (exact) mass is 718 g/mol. The molecule has 1 atom stereocenters. The van der Waals surface area contributed by atoms with Gasteiger partial charge >= 0.3 is 5.97 Å². The Morgan fingerprint density at radius 1 is 1.17 bits per heavy atom. The molecular formula is C25H21FI2N2O4S. The quantitative estimate of drug-likeness (QED) is 0.278. The average Bonchev–Trinajstić information content (AvgIpc) is 3.10. The molecule has 0 radical (unpaired) electrons. The smallest absolute Gasteiger partial charge is 0.338 e. The zero-order valence-electron chi connectivity index (χ0n) is 19.1. The van der Waals surface area contributed by atoms with Gasteiger partial charge in [-0.15, -0.1) is 0 Å². The number of hydrogen-bond acceptors (Lipinski definition) is 6. The van der Waals surface area contributed by atoms with Gasteiger partial charge in [-0.1, -0.05) is 23.5 Å². The molecule has 0 spiro atoms. The standard InChI is InChI=1S/C25H21FI2N2O4S/c1-4-33-22-17(27)10-14(11-18(22)28)12-19-23(31)30-21(15-6-8-16(26)9-7-15)20(24(32)34-5-2)13(3)29-25(30)35-19/h6-12,21H,4-5H2,1-3H3/b19-12-/t21-/m1/s1. The van der Waals surface area contributed by atoms with Crippen LogP contribution in [0.4, 0.5) is 4.39 Å². The molecule has 4 rings (SSSR count). The lowest BCUT2D eigenvalue weighted by Crippen LogP contribution is -2.39. The maximum atomic E-state index is 13.7. The number of carbonyl (C=O) groups excluding carboxylic acids is 1. The van der Waals surface area contributed by atoms with Gasteiger partial charge in [0.1, 0.15) is 11.6 Å². The van der Waals surface area contributed by atoms with E-state index in [0.717, 1.165) is 18.5 Å². The number of allylic oxidation sites excluding steroid dienone is 1. The van der Waals surface area contributed by atoms with Gasteiger partial charge in [0.05, 0.1) is 42.2 Å². The van der Waals surface area contributed by atoms with E-state index in [1.807, 2.05) is 25.1 Å². The molecule has 0 bridgehead atoms. The molecule has 35 heavy (non-hydrogen) atoms. The maximum absolute atomic E-state index is 13.7. The molecule has 182 valence electrons. The number of ether oxygens (including phenoxy) is 2. The van der Waals surface area contributed by atoms with Crippen molar-refractivity contribution in [3.63, 3.8) is 0 Å². The fourth-order valence-corrected chi connectivity index (χ4v) is 7.02. The first-order chi connectivity index (χ1) is 16.7. The zero-order valence-corrected chi connectivity index (χ0v) is 24.2. The van der Waals surface area contributed by atoms with Crippen LogP contribution in [0.25, 0.3) is 6.08 Å². The Bertz CT molecular complexity index is 1490. The minimum absolute atomic E-state index is 0.186.